The number of furan rings is 1. The Labute approximate surface area is 335 Å². The highest BCUT2D eigenvalue weighted by atomic mass is 32.1. The minimum absolute atomic E-state index is 0.921. The van der Waals surface area contributed by atoms with Gasteiger partial charge in [-0.1, -0.05) is 146 Å². The molecule has 0 aliphatic heterocycles. The van der Waals surface area contributed by atoms with Crippen molar-refractivity contribution in [1.82, 2.24) is 0 Å². The zero-order chi connectivity index (χ0) is 37.7. The van der Waals surface area contributed by atoms with Crippen LogP contribution in [0.4, 0.5) is 17.1 Å². The van der Waals surface area contributed by atoms with E-state index in [0.717, 1.165) is 33.6 Å². The van der Waals surface area contributed by atoms with Gasteiger partial charge in [0.1, 0.15) is 11.2 Å². The molecule has 0 bridgehead atoms. The predicted octanol–water partition coefficient (Wildman–Crippen LogP) is 16.1. The Morgan fingerprint density at radius 2 is 0.772 bits per heavy atom. The van der Waals surface area contributed by atoms with Gasteiger partial charge in [0.25, 0.3) is 0 Å². The van der Waals surface area contributed by atoms with Gasteiger partial charge in [0.05, 0.1) is 0 Å². The van der Waals surface area contributed by atoms with Crippen molar-refractivity contribution in [2.75, 3.05) is 4.90 Å². The summed E-state index contributed by atoms with van der Waals surface area (Å²) in [6.45, 7) is 0. The summed E-state index contributed by atoms with van der Waals surface area (Å²) in [5.41, 5.74) is 14.7. The summed E-state index contributed by atoms with van der Waals surface area (Å²) in [5.74, 6) is 0. The fourth-order valence-electron chi connectivity index (χ4n) is 8.33. The van der Waals surface area contributed by atoms with Gasteiger partial charge in [0.2, 0.25) is 0 Å². The van der Waals surface area contributed by atoms with Crippen molar-refractivity contribution in [3.05, 3.63) is 212 Å². The summed E-state index contributed by atoms with van der Waals surface area (Å²) in [6.07, 6.45) is 0. The predicted molar refractivity (Wildman–Crippen MR) is 243 cm³/mol. The molecule has 0 N–H and O–H groups in total. The zero-order valence-electron chi connectivity index (χ0n) is 31.0. The Hall–Kier alpha value is -7.20. The minimum Gasteiger partial charge on any atom is -0.456 e. The number of para-hydroxylation sites is 1. The third-order valence-electron chi connectivity index (χ3n) is 11.1. The minimum atomic E-state index is 0.921. The fourth-order valence-corrected chi connectivity index (χ4v) is 9.46. The topological polar surface area (TPSA) is 16.4 Å². The monoisotopic (exact) mass is 745 g/mol. The van der Waals surface area contributed by atoms with Crippen LogP contribution < -0.4 is 4.90 Å². The Bertz CT molecular complexity index is 3100. The van der Waals surface area contributed by atoms with E-state index >= 15 is 0 Å². The molecule has 0 unspecified atom stereocenters. The van der Waals surface area contributed by atoms with E-state index in [0.29, 0.717) is 0 Å². The summed E-state index contributed by atoms with van der Waals surface area (Å²) in [7, 11) is 0. The summed E-state index contributed by atoms with van der Waals surface area (Å²) in [4.78, 5) is 2.35. The third kappa shape index (κ3) is 5.88. The van der Waals surface area contributed by atoms with Gasteiger partial charge >= 0.3 is 0 Å². The van der Waals surface area contributed by atoms with Crippen LogP contribution in [0.1, 0.15) is 0 Å². The number of nitrogens with zero attached hydrogens (tertiary/aromatic N) is 1. The van der Waals surface area contributed by atoms with Crippen LogP contribution in [0.25, 0.3) is 86.6 Å². The third-order valence-corrected chi connectivity index (χ3v) is 12.2. The summed E-state index contributed by atoms with van der Waals surface area (Å²) >= 11 is 1.85. The molecule has 0 aliphatic carbocycles. The molecular weight excluding hydrogens is 711 g/mol. The second-order valence-electron chi connectivity index (χ2n) is 14.5. The normalized spacial score (nSPS) is 11.5. The molecule has 2 heterocycles. The highest BCUT2D eigenvalue weighted by Gasteiger charge is 2.19. The molecule has 268 valence electrons. The van der Waals surface area contributed by atoms with E-state index in [1.165, 1.54) is 70.1 Å². The van der Waals surface area contributed by atoms with Gasteiger partial charge in [0.15, 0.2) is 0 Å². The van der Waals surface area contributed by atoms with Crippen molar-refractivity contribution >= 4 is 70.5 Å². The van der Waals surface area contributed by atoms with E-state index in [1.54, 1.807) is 0 Å². The zero-order valence-corrected chi connectivity index (χ0v) is 31.8. The number of thiophene rings is 1. The molecule has 11 aromatic rings. The number of hydrogen-bond acceptors (Lipinski definition) is 3. The molecule has 0 saturated carbocycles. The lowest BCUT2D eigenvalue weighted by Gasteiger charge is -2.26. The van der Waals surface area contributed by atoms with Gasteiger partial charge in [-0.25, -0.2) is 0 Å². The van der Waals surface area contributed by atoms with E-state index < -0.39 is 0 Å². The number of anilines is 3. The van der Waals surface area contributed by atoms with Gasteiger partial charge in [-0.15, -0.1) is 11.3 Å². The van der Waals surface area contributed by atoms with Crippen LogP contribution in [0.3, 0.4) is 0 Å². The molecule has 9 aromatic carbocycles. The second-order valence-corrected chi connectivity index (χ2v) is 15.6. The highest BCUT2D eigenvalue weighted by molar-refractivity contribution is 7.26. The van der Waals surface area contributed by atoms with E-state index in [1.807, 2.05) is 17.4 Å². The summed E-state index contributed by atoms with van der Waals surface area (Å²) in [6, 6.07) is 76.3. The first kappa shape index (κ1) is 33.2. The molecule has 11 rings (SSSR count). The number of benzene rings is 9. The van der Waals surface area contributed by atoms with Crippen LogP contribution in [0.5, 0.6) is 0 Å². The van der Waals surface area contributed by atoms with Gasteiger partial charge in [-0.2, -0.15) is 0 Å². The number of rotatable bonds is 7. The molecule has 0 amide bonds. The summed E-state index contributed by atoms with van der Waals surface area (Å²) < 4.78 is 8.89. The number of fused-ring (bicyclic) bond motifs is 7. The quantitative estimate of drug-likeness (QED) is 0.162. The Balaban J connectivity index is 1.06. The molecule has 0 saturated heterocycles. The van der Waals surface area contributed by atoms with E-state index in [9.17, 15) is 0 Å². The Morgan fingerprint density at radius 1 is 0.316 bits per heavy atom. The Kier molecular flexibility index (Phi) is 8.04. The van der Waals surface area contributed by atoms with Crippen LogP contribution in [0.2, 0.25) is 0 Å². The lowest BCUT2D eigenvalue weighted by Crippen LogP contribution is -2.09. The highest BCUT2D eigenvalue weighted by Crippen LogP contribution is 2.47. The molecule has 3 heteroatoms. The fraction of sp³-hybridized carbons (Fsp3) is 0. The van der Waals surface area contributed by atoms with Gasteiger partial charge < -0.3 is 9.32 Å². The average Bonchev–Trinajstić information content (AvgIpc) is 3.85. The molecule has 0 spiro atoms. The molecule has 2 aromatic heterocycles. The van der Waals surface area contributed by atoms with Crippen molar-refractivity contribution in [2.24, 2.45) is 0 Å². The van der Waals surface area contributed by atoms with Crippen LogP contribution in [-0.2, 0) is 0 Å². The molecule has 0 atom stereocenters. The first-order valence-corrected chi connectivity index (χ1v) is 20.1. The first-order chi connectivity index (χ1) is 28.2. The van der Waals surface area contributed by atoms with Gasteiger partial charge in [-0.3, -0.25) is 0 Å². The van der Waals surface area contributed by atoms with E-state index in [-0.39, 0.29) is 0 Å². The van der Waals surface area contributed by atoms with Crippen molar-refractivity contribution < 1.29 is 4.42 Å². The van der Waals surface area contributed by atoms with E-state index in [2.05, 4.69) is 211 Å². The molecular formula is C54H35NOS. The lowest BCUT2D eigenvalue weighted by atomic mass is 9.92. The van der Waals surface area contributed by atoms with Crippen molar-refractivity contribution in [2.45, 2.75) is 0 Å². The van der Waals surface area contributed by atoms with Crippen molar-refractivity contribution in [3.63, 3.8) is 0 Å². The van der Waals surface area contributed by atoms with Crippen LogP contribution in [0, 0.1) is 0 Å². The standard InChI is InChI=1S/C54H35NOS/c1-4-12-36(13-5-1)38-20-26-42(27-21-38)55(43-28-22-39(23-29-43)37-14-6-2-7-15-37)44-30-24-41(25-31-44)46-34-48-52(35-47(46)40-16-8-3-9-17-40)57-51-33-32-50-53(54(48)51)45-18-10-11-19-49(45)56-50/h1-35H. The maximum absolute atomic E-state index is 6.35. The second kappa shape index (κ2) is 13.8. The molecule has 57 heavy (non-hydrogen) atoms. The molecule has 0 radical (unpaired) electrons. The molecule has 0 fully saturated rings. The average molecular weight is 746 g/mol. The summed E-state index contributed by atoms with van der Waals surface area (Å²) in [5, 5.41) is 4.86. The first-order valence-electron chi connectivity index (χ1n) is 19.3. The van der Waals surface area contributed by atoms with Crippen molar-refractivity contribution in [1.29, 1.82) is 0 Å². The smallest absolute Gasteiger partial charge is 0.136 e. The Morgan fingerprint density at radius 3 is 1.35 bits per heavy atom. The number of hydrogen-bond donors (Lipinski definition) is 0. The molecule has 2 nitrogen and oxygen atoms in total. The van der Waals surface area contributed by atoms with Crippen LogP contribution in [-0.4, -0.2) is 0 Å². The largest absolute Gasteiger partial charge is 0.456 e. The van der Waals surface area contributed by atoms with E-state index in [4.69, 9.17) is 4.42 Å². The maximum Gasteiger partial charge on any atom is 0.136 e. The SMILES string of the molecule is c1ccc(-c2ccc(N(c3ccc(-c4ccccc4)cc3)c3ccc(-c4cc5c(cc4-c4ccccc4)sc4ccc6oc7ccccc7c6c45)cc3)cc2)cc1. The van der Waals surface area contributed by atoms with Crippen LogP contribution >= 0.6 is 11.3 Å². The van der Waals surface area contributed by atoms with Crippen molar-refractivity contribution in [3.8, 4) is 44.5 Å². The van der Waals surface area contributed by atoms with Crippen LogP contribution in [0.15, 0.2) is 217 Å². The maximum atomic E-state index is 6.35. The van der Waals surface area contributed by atoms with Gasteiger partial charge in [-0.05, 0) is 111 Å². The molecule has 0 aliphatic rings. The lowest BCUT2D eigenvalue weighted by molar-refractivity contribution is 0.669. The van der Waals surface area contributed by atoms with Gasteiger partial charge in [0, 0.05) is 48.0 Å².